The number of rotatable bonds is 3. The lowest BCUT2D eigenvalue weighted by atomic mass is 10.1. The summed E-state index contributed by atoms with van der Waals surface area (Å²) in [6.45, 7) is 1.94. The van der Waals surface area contributed by atoms with Crippen LogP contribution in [-0.4, -0.2) is 18.3 Å². The zero-order chi connectivity index (χ0) is 10.8. The van der Waals surface area contributed by atoms with E-state index in [0.717, 1.165) is 22.4 Å². The predicted molar refractivity (Wildman–Crippen MR) is 57.9 cm³/mol. The summed E-state index contributed by atoms with van der Waals surface area (Å²) in [6, 6.07) is 5.76. The minimum atomic E-state index is 0.0725. The molecule has 2 aromatic rings. The molecule has 0 saturated carbocycles. The number of ether oxygens (including phenoxy) is 1. The Kier molecular flexibility index (Phi) is 2.60. The molecule has 80 valence electrons. The maximum Gasteiger partial charge on any atom is 0.146 e. The average molecular weight is 206 g/mol. The molecule has 1 unspecified atom stereocenters. The molecule has 0 bridgehead atoms. The van der Waals surface area contributed by atoms with Crippen LogP contribution in [0, 0.1) is 0 Å². The number of hydrogen-bond acceptors (Lipinski definition) is 4. The number of aromatic nitrogens is 1. The highest BCUT2D eigenvalue weighted by Gasteiger charge is 2.10. The van der Waals surface area contributed by atoms with E-state index in [-0.39, 0.29) is 6.04 Å². The molecule has 1 heterocycles. The standard InChI is InChI=1S/C11H14N2O2/c1-7(12)5-11-9-4-3-8(14-2)6-10(9)13-15-11/h3-4,6-7H,5,12H2,1-2H3. The van der Waals surface area contributed by atoms with Gasteiger partial charge >= 0.3 is 0 Å². The van der Waals surface area contributed by atoms with Crippen LogP contribution in [0.3, 0.4) is 0 Å². The molecule has 1 aromatic heterocycles. The van der Waals surface area contributed by atoms with Gasteiger partial charge in [-0.25, -0.2) is 0 Å². The Labute approximate surface area is 88.0 Å². The molecule has 4 nitrogen and oxygen atoms in total. The number of hydrogen-bond donors (Lipinski definition) is 1. The molecule has 2 N–H and O–H groups in total. The van der Waals surface area contributed by atoms with Crippen LogP contribution in [0.25, 0.3) is 10.9 Å². The van der Waals surface area contributed by atoms with E-state index in [1.807, 2.05) is 25.1 Å². The summed E-state index contributed by atoms with van der Waals surface area (Å²) in [6.07, 6.45) is 0.697. The molecule has 2 rings (SSSR count). The minimum absolute atomic E-state index is 0.0725. The van der Waals surface area contributed by atoms with Gasteiger partial charge in [0.15, 0.2) is 0 Å². The third-order valence-corrected chi connectivity index (χ3v) is 2.27. The van der Waals surface area contributed by atoms with Gasteiger partial charge in [-0.15, -0.1) is 0 Å². The number of benzene rings is 1. The van der Waals surface area contributed by atoms with Crippen molar-refractivity contribution < 1.29 is 9.26 Å². The zero-order valence-electron chi connectivity index (χ0n) is 8.86. The second kappa shape index (κ2) is 3.90. The van der Waals surface area contributed by atoms with Crippen molar-refractivity contribution in [3.8, 4) is 5.75 Å². The molecule has 1 atom stereocenters. The molecule has 0 fully saturated rings. The van der Waals surface area contributed by atoms with Crippen molar-refractivity contribution in [2.75, 3.05) is 7.11 Å². The quantitative estimate of drug-likeness (QED) is 0.830. The Morgan fingerprint density at radius 2 is 2.33 bits per heavy atom. The van der Waals surface area contributed by atoms with E-state index in [1.165, 1.54) is 0 Å². The molecular weight excluding hydrogens is 192 g/mol. The molecule has 0 spiro atoms. The summed E-state index contributed by atoms with van der Waals surface area (Å²) in [5.41, 5.74) is 6.53. The van der Waals surface area contributed by atoms with Gasteiger partial charge in [0, 0.05) is 23.9 Å². The van der Waals surface area contributed by atoms with E-state index in [0.29, 0.717) is 6.42 Å². The second-order valence-corrected chi connectivity index (χ2v) is 3.67. The van der Waals surface area contributed by atoms with Crippen molar-refractivity contribution in [3.63, 3.8) is 0 Å². The third kappa shape index (κ3) is 1.94. The Balaban J connectivity index is 2.43. The van der Waals surface area contributed by atoms with Gasteiger partial charge in [-0.3, -0.25) is 0 Å². The summed E-state index contributed by atoms with van der Waals surface area (Å²) in [5, 5.41) is 4.98. The lowest BCUT2D eigenvalue weighted by Crippen LogP contribution is -2.17. The first-order chi connectivity index (χ1) is 7.20. The Bertz CT molecular complexity index is 463. The summed E-state index contributed by atoms with van der Waals surface area (Å²) in [5.74, 6) is 1.62. The van der Waals surface area contributed by atoms with E-state index in [4.69, 9.17) is 15.0 Å². The van der Waals surface area contributed by atoms with Crippen LogP contribution >= 0.6 is 0 Å². The SMILES string of the molecule is COc1ccc2c(CC(C)N)onc2c1. The molecule has 0 aliphatic carbocycles. The van der Waals surface area contributed by atoms with Gasteiger partial charge in [-0.2, -0.15) is 0 Å². The van der Waals surface area contributed by atoms with Crippen molar-refractivity contribution in [1.82, 2.24) is 5.16 Å². The Morgan fingerprint density at radius 1 is 1.53 bits per heavy atom. The molecule has 15 heavy (non-hydrogen) atoms. The van der Waals surface area contributed by atoms with Crippen molar-refractivity contribution in [1.29, 1.82) is 0 Å². The van der Waals surface area contributed by atoms with Crippen LogP contribution in [-0.2, 0) is 6.42 Å². The molecule has 0 saturated heterocycles. The average Bonchev–Trinajstić information content (AvgIpc) is 2.60. The number of fused-ring (bicyclic) bond motifs is 1. The van der Waals surface area contributed by atoms with Gasteiger partial charge in [-0.05, 0) is 19.1 Å². The fraction of sp³-hybridized carbons (Fsp3) is 0.364. The van der Waals surface area contributed by atoms with E-state index in [2.05, 4.69) is 5.16 Å². The highest BCUT2D eigenvalue weighted by Crippen LogP contribution is 2.23. The van der Waals surface area contributed by atoms with Crippen molar-refractivity contribution in [2.45, 2.75) is 19.4 Å². The largest absolute Gasteiger partial charge is 0.497 e. The maximum absolute atomic E-state index is 5.72. The smallest absolute Gasteiger partial charge is 0.146 e. The van der Waals surface area contributed by atoms with E-state index < -0.39 is 0 Å². The molecule has 4 heteroatoms. The lowest BCUT2D eigenvalue weighted by Gasteiger charge is -2.01. The third-order valence-electron chi connectivity index (χ3n) is 2.27. The summed E-state index contributed by atoms with van der Waals surface area (Å²) < 4.78 is 10.3. The lowest BCUT2D eigenvalue weighted by molar-refractivity contribution is 0.383. The normalized spacial score (nSPS) is 13.0. The van der Waals surface area contributed by atoms with Crippen LogP contribution in [0.15, 0.2) is 22.7 Å². The highest BCUT2D eigenvalue weighted by atomic mass is 16.5. The van der Waals surface area contributed by atoms with E-state index >= 15 is 0 Å². The van der Waals surface area contributed by atoms with Gasteiger partial charge in [0.05, 0.1) is 7.11 Å². The number of methoxy groups -OCH3 is 1. The van der Waals surface area contributed by atoms with E-state index in [9.17, 15) is 0 Å². The fourth-order valence-corrected chi connectivity index (χ4v) is 1.54. The van der Waals surface area contributed by atoms with E-state index in [1.54, 1.807) is 7.11 Å². The topological polar surface area (TPSA) is 61.3 Å². The zero-order valence-corrected chi connectivity index (χ0v) is 8.86. The highest BCUT2D eigenvalue weighted by molar-refractivity contribution is 5.81. The molecule has 0 aliphatic rings. The van der Waals surface area contributed by atoms with Crippen LogP contribution < -0.4 is 10.5 Å². The van der Waals surface area contributed by atoms with Crippen molar-refractivity contribution in [3.05, 3.63) is 24.0 Å². The van der Waals surface area contributed by atoms with Crippen LogP contribution in [0.2, 0.25) is 0 Å². The molecular formula is C11H14N2O2. The molecule has 0 aliphatic heterocycles. The van der Waals surface area contributed by atoms with Gasteiger partial charge in [-0.1, -0.05) is 5.16 Å². The Morgan fingerprint density at radius 3 is 3.00 bits per heavy atom. The van der Waals surface area contributed by atoms with Crippen molar-refractivity contribution in [2.24, 2.45) is 5.73 Å². The first-order valence-corrected chi connectivity index (χ1v) is 4.88. The fourth-order valence-electron chi connectivity index (χ4n) is 1.54. The predicted octanol–water partition coefficient (Wildman–Crippen LogP) is 1.73. The van der Waals surface area contributed by atoms with Crippen molar-refractivity contribution >= 4 is 10.9 Å². The van der Waals surface area contributed by atoms with Gasteiger partial charge in [0.25, 0.3) is 0 Å². The number of nitrogens with zero attached hydrogens (tertiary/aromatic N) is 1. The maximum atomic E-state index is 5.72. The van der Waals surface area contributed by atoms with Gasteiger partial charge in [0.2, 0.25) is 0 Å². The Hall–Kier alpha value is -1.55. The minimum Gasteiger partial charge on any atom is -0.497 e. The number of nitrogens with two attached hydrogens (primary N) is 1. The first-order valence-electron chi connectivity index (χ1n) is 4.88. The second-order valence-electron chi connectivity index (χ2n) is 3.67. The monoisotopic (exact) mass is 206 g/mol. The summed E-state index contributed by atoms with van der Waals surface area (Å²) >= 11 is 0. The van der Waals surface area contributed by atoms with Gasteiger partial charge in [0.1, 0.15) is 17.0 Å². The van der Waals surface area contributed by atoms with Crippen LogP contribution in [0.5, 0.6) is 5.75 Å². The molecule has 0 radical (unpaired) electrons. The molecule has 1 aromatic carbocycles. The van der Waals surface area contributed by atoms with Gasteiger partial charge < -0.3 is 15.0 Å². The van der Waals surface area contributed by atoms with Crippen LogP contribution in [0.4, 0.5) is 0 Å². The molecule has 0 amide bonds. The van der Waals surface area contributed by atoms with Crippen LogP contribution in [0.1, 0.15) is 12.7 Å². The summed E-state index contributed by atoms with van der Waals surface area (Å²) in [4.78, 5) is 0. The first kappa shape index (κ1) is 9.98. The summed E-state index contributed by atoms with van der Waals surface area (Å²) in [7, 11) is 1.63.